The second kappa shape index (κ2) is 6.53. The molecule has 0 unspecified atom stereocenters. The van der Waals surface area contributed by atoms with Crippen LogP contribution in [0.2, 0.25) is 5.02 Å². The lowest BCUT2D eigenvalue weighted by atomic mass is 10.3. The molecule has 0 saturated carbocycles. The summed E-state index contributed by atoms with van der Waals surface area (Å²) in [6.07, 6.45) is 0. The molecule has 0 bridgehead atoms. The molecule has 2 aromatic rings. The van der Waals surface area contributed by atoms with Crippen molar-refractivity contribution < 1.29 is 14.5 Å². The summed E-state index contributed by atoms with van der Waals surface area (Å²) >= 11 is 7.02. The number of rotatable bonds is 5. The zero-order valence-electron chi connectivity index (χ0n) is 10.5. The second-order valence-corrected chi connectivity index (χ2v) is 5.47. The number of hydrazine groups is 1. The van der Waals surface area contributed by atoms with Crippen molar-refractivity contribution in [2.75, 3.05) is 0 Å². The maximum absolute atomic E-state index is 11.3. The molecule has 0 atom stereocenters. The Morgan fingerprint density at radius 2 is 2.19 bits per heavy atom. The predicted octanol–water partition coefficient (Wildman–Crippen LogP) is 2.49. The molecule has 0 aliphatic rings. The molecule has 1 aromatic heterocycles. The summed E-state index contributed by atoms with van der Waals surface area (Å²) in [7, 11) is 0. The molecule has 1 aromatic carbocycles. The lowest BCUT2D eigenvalue weighted by molar-refractivity contribution is -0.384. The van der Waals surface area contributed by atoms with Crippen molar-refractivity contribution in [1.29, 1.82) is 0 Å². The van der Waals surface area contributed by atoms with Crippen molar-refractivity contribution in [3.63, 3.8) is 0 Å². The number of hydrogen-bond acceptors (Lipinski definition) is 6. The summed E-state index contributed by atoms with van der Waals surface area (Å²) in [6.45, 7) is 0.219. The van der Waals surface area contributed by atoms with E-state index >= 15 is 0 Å². The minimum absolute atomic E-state index is 0.00637. The second-order valence-electron chi connectivity index (χ2n) is 3.90. The summed E-state index contributed by atoms with van der Waals surface area (Å²) in [4.78, 5) is 22.7. The quantitative estimate of drug-likeness (QED) is 0.379. The standard InChI is InChI=1S/C12H10ClN3O4S/c13-9-5-7(1-3-10(9)16(18)19)20-6-8-2-4-11(21-8)12(17)15-14/h1-5H,6,14H2,(H,15,17). The highest BCUT2D eigenvalue weighted by Gasteiger charge is 2.13. The molecule has 1 heterocycles. The van der Waals surface area contributed by atoms with Gasteiger partial charge in [-0.2, -0.15) is 0 Å². The summed E-state index contributed by atoms with van der Waals surface area (Å²) < 4.78 is 5.47. The van der Waals surface area contributed by atoms with E-state index in [0.717, 1.165) is 4.88 Å². The number of hydrogen-bond donors (Lipinski definition) is 2. The van der Waals surface area contributed by atoms with E-state index in [1.807, 2.05) is 5.43 Å². The van der Waals surface area contributed by atoms with E-state index in [1.54, 1.807) is 12.1 Å². The molecule has 9 heteroatoms. The monoisotopic (exact) mass is 327 g/mol. The first-order valence-electron chi connectivity index (χ1n) is 5.67. The normalized spacial score (nSPS) is 10.2. The van der Waals surface area contributed by atoms with Gasteiger partial charge < -0.3 is 4.74 Å². The molecule has 0 aliphatic heterocycles. The van der Waals surface area contributed by atoms with Gasteiger partial charge in [-0.25, -0.2) is 5.84 Å². The number of nitro groups is 1. The lowest BCUT2D eigenvalue weighted by Gasteiger charge is -2.05. The van der Waals surface area contributed by atoms with Crippen LogP contribution in [0.5, 0.6) is 5.75 Å². The minimum Gasteiger partial charge on any atom is -0.488 e. The van der Waals surface area contributed by atoms with E-state index in [0.29, 0.717) is 10.6 Å². The van der Waals surface area contributed by atoms with E-state index < -0.39 is 4.92 Å². The van der Waals surface area contributed by atoms with Crippen LogP contribution in [-0.4, -0.2) is 10.8 Å². The van der Waals surface area contributed by atoms with Gasteiger partial charge in [0.25, 0.3) is 11.6 Å². The maximum Gasteiger partial charge on any atom is 0.288 e. The molecule has 0 aliphatic carbocycles. The smallest absolute Gasteiger partial charge is 0.288 e. The van der Waals surface area contributed by atoms with Gasteiger partial charge in [0.2, 0.25) is 0 Å². The molecular weight excluding hydrogens is 318 g/mol. The molecular formula is C12H10ClN3O4S. The average Bonchev–Trinajstić information content (AvgIpc) is 2.92. The summed E-state index contributed by atoms with van der Waals surface area (Å²) in [5.74, 6) is 5.08. The number of ether oxygens (including phenoxy) is 1. The van der Waals surface area contributed by atoms with Crippen LogP contribution in [0, 0.1) is 10.1 Å². The summed E-state index contributed by atoms with van der Waals surface area (Å²) in [5, 5.41) is 10.6. The van der Waals surface area contributed by atoms with Crippen molar-refractivity contribution in [3.8, 4) is 5.75 Å². The molecule has 0 radical (unpaired) electrons. The minimum atomic E-state index is -0.566. The van der Waals surface area contributed by atoms with Gasteiger partial charge in [-0.05, 0) is 18.2 Å². The SMILES string of the molecule is NNC(=O)c1ccc(COc2ccc([N+](=O)[O-])c(Cl)c2)s1. The van der Waals surface area contributed by atoms with Crippen LogP contribution < -0.4 is 16.0 Å². The number of nitrogens with one attached hydrogen (secondary N) is 1. The fraction of sp³-hybridized carbons (Fsp3) is 0.0833. The van der Waals surface area contributed by atoms with Gasteiger partial charge in [-0.3, -0.25) is 20.3 Å². The first kappa shape index (κ1) is 15.2. The maximum atomic E-state index is 11.3. The molecule has 3 N–H and O–H groups in total. The molecule has 0 saturated heterocycles. The first-order chi connectivity index (χ1) is 10.0. The Balaban J connectivity index is 2.03. The fourth-order valence-corrected chi connectivity index (χ4v) is 2.59. The number of carbonyl (C=O) groups is 1. The third-order valence-corrected chi connectivity index (χ3v) is 3.87. The average molecular weight is 328 g/mol. The van der Waals surface area contributed by atoms with Gasteiger partial charge in [0.15, 0.2) is 0 Å². The Hall–Kier alpha value is -2.16. The molecule has 7 nitrogen and oxygen atoms in total. The molecule has 110 valence electrons. The number of nitro benzene ring substituents is 1. The van der Waals surface area contributed by atoms with Crippen molar-refractivity contribution in [2.45, 2.75) is 6.61 Å². The molecule has 1 amide bonds. The Morgan fingerprint density at radius 1 is 1.43 bits per heavy atom. The van der Waals surface area contributed by atoms with Gasteiger partial charge in [0.05, 0.1) is 9.80 Å². The molecule has 21 heavy (non-hydrogen) atoms. The Kier molecular flexibility index (Phi) is 4.73. The fourth-order valence-electron chi connectivity index (χ4n) is 1.53. The Labute approximate surface area is 128 Å². The third kappa shape index (κ3) is 3.69. The number of benzene rings is 1. The largest absolute Gasteiger partial charge is 0.488 e. The van der Waals surface area contributed by atoms with E-state index in [9.17, 15) is 14.9 Å². The van der Waals surface area contributed by atoms with Crippen LogP contribution >= 0.6 is 22.9 Å². The molecule has 0 fully saturated rings. The first-order valence-corrected chi connectivity index (χ1v) is 6.87. The zero-order chi connectivity index (χ0) is 15.4. The van der Waals surface area contributed by atoms with Crippen LogP contribution in [0.3, 0.4) is 0 Å². The van der Waals surface area contributed by atoms with Crippen LogP contribution in [-0.2, 0) is 6.61 Å². The molecule has 2 rings (SSSR count). The van der Waals surface area contributed by atoms with Gasteiger partial charge in [-0.1, -0.05) is 11.6 Å². The van der Waals surface area contributed by atoms with Crippen molar-refractivity contribution in [3.05, 3.63) is 55.2 Å². The number of thiophene rings is 1. The highest BCUT2D eigenvalue weighted by atomic mass is 35.5. The van der Waals surface area contributed by atoms with Crippen LogP contribution in [0.15, 0.2) is 30.3 Å². The van der Waals surface area contributed by atoms with Gasteiger partial charge in [-0.15, -0.1) is 11.3 Å². The number of halogens is 1. The Morgan fingerprint density at radius 3 is 2.81 bits per heavy atom. The van der Waals surface area contributed by atoms with Crippen LogP contribution in [0.4, 0.5) is 5.69 Å². The van der Waals surface area contributed by atoms with Crippen LogP contribution in [0.25, 0.3) is 0 Å². The summed E-state index contributed by atoms with van der Waals surface area (Å²) in [6, 6.07) is 7.49. The predicted molar refractivity (Wildman–Crippen MR) is 78.4 cm³/mol. The highest BCUT2D eigenvalue weighted by Crippen LogP contribution is 2.29. The lowest BCUT2D eigenvalue weighted by Crippen LogP contribution is -2.29. The van der Waals surface area contributed by atoms with Gasteiger partial charge in [0, 0.05) is 17.0 Å². The number of nitrogen functional groups attached to an aromatic ring is 1. The van der Waals surface area contributed by atoms with Gasteiger partial charge in [0.1, 0.15) is 17.4 Å². The van der Waals surface area contributed by atoms with Crippen molar-refractivity contribution >= 4 is 34.5 Å². The van der Waals surface area contributed by atoms with Crippen molar-refractivity contribution in [1.82, 2.24) is 5.43 Å². The molecule has 0 spiro atoms. The van der Waals surface area contributed by atoms with E-state index in [-0.39, 0.29) is 23.2 Å². The third-order valence-electron chi connectivity index (χ3n) is 2.51. The van der Waals surface area contributed by atoms with Crippen molar-refractivity contribution in [2.24, 2.45) is 5.84 Å². The number of nitrogens with zero attached hydrogens (tertiary/aromatic N) is 1. The number of amides is 1. The van der Waals surface area contributed by atoms with E-state index in [2.05, 4.69) is 0 Å². The van der Waals surface area contributed by atoms with Gasteiger partial charge >= 0.3 is 0 Å². The topological polar surface area (TPSA) is 107 Å². The summed E-state index contributed by atoms with van der Waals surface area (Å²) in [5.41, 5.74) is 1.86. The Bertz CT molecular complexity index is 689. The van der Waals surface area contributed by atoms with E-state index in [4.69, 9.17) is 22.2 Å². The van der Waals surface area contributed by atoms with E-state index in [1.165, 1.54) is 29.5 Å². The zero-order valence-corrected chi connectivity index (χ0v) is 12.1. The highest BCUT2D eigenvalue weighted by molar-refractivity contribution is 7.14. The number of nitrogens with two attached hydrogens (primary N) is 1. The number of carbonyl (C=O) groups excluding carboxylic acids is 1. The van der Waals surface area contributed by atoms with Crippen LogP contribution in [0.1, 0.15) is 14.5 Å².